The first-order valence-corrected chi connectivity index (χ1v) is 7.49. The first kappa shape index (κ1) is 16.6. The predicted octanol–water partition coefficient (Wildman–Crippen LogP) is 2.88. The summed E-state index contributed by atoms with van der Waals surface area (Å²) in [4.78, 5) is 25.6. The second-order valence-electron chi connectivity index (χ2n) is 5.46. The van der Waals surface area contributed by atoms with Crippen molar-refractivity contribution in [2.45, 2.75) is 37.6 Å². The zero-order valence-electron chi connectivity index (χ0n) is 12.1. The summed E-state index contributed by atoms with van der Waals surface area (Å²) in [5.41, 5.74) is -0.479. The summed E-state index contributed by atoms with van der Waals surface area (Å²) in [5, 5.41) is 8.90. The van der Waals surface area contributed by atoms with Crippen LogP contribution in [-0.2, 0) is 9.59 Å². The third-order valence-electron chi connectivity index (χ3n) is 2.73. The molecule has 4 nitrogen and oxygen atoms in total. The lowest BCUT2D eigenvalue weighted by Crippen LogP contribution is -2.48. The van der Waals surface area contributed by atoms with Gasteiger partial charge in [-0.25, -0.2) is 0 Å². The van der Waals surface area contributed by atoms with Gasteiger partial charge < -0.3 is 10.0 Å². The Kier molecular flexibility index (Phi) is 6.07. The van der Waals surface area contributed by atoms with Gasteiger partial charge in [-0.05, 0) is 32.9 Å². The van der Waals surface area contributed by atoms with Crippen molar-refractivity contribution in [2.75, 3.05) is 12.3 Å². The lowest BCUT2D eigenvalue weighted by molar-refractivity contribution is -0.148. The van der Waals surface area contributed by atoms with E-state index in [1.807, 2.05) is 51.1 Å². The molecule has 0 spiro atoms. The van der Waals surface area contributed by atoms with Crippen LogP contribution in [0.15, 0.2) is 35.2 Å². The molecule has 110 valence electrons. The van der Waals surface area contributed by atoms with E-state index < -0.39 is 11.5 Å². The van der Waals surface area contributed by atoms with E-state index >= 15 is 0 Å². The molecule has 0 bridgehead atoms. The maximum absolute atomic E-state index is 12.2. The molecule has 1 aromatic carbocycles. The lowest BCUT2D eigenvalue weighted by atomic mass is 10.1. The molecule has 0 saturated carbocycles. The van der Waals surface area contributed by atoms with E-state index in [1.165, 1.54) is 4.90 Å². The van der Waals surface area contributed by atoms with Gasteiger partial charge >= 0.3 is 5.97 Å². The predicted molar refractivity (Wildman–Crippen MR) is 80.9 cm³/mol. The van der Waals surface area contributed by atoms with Crippen LogP contribution in [0.1, 0.15) is 27.2 Å². The number of carbonyl (C=O) groups is 2. The Morgan fingerprint density at radius 2 is 1.80 bits per heavy atom. The zero-order valence-corrected chi connectivity index (χ0v) is 12.9. The lowest BCUT2D eigenvalue weighted by Gasteiger charge is -2.34. The molecule has 1 amide bonds. The Morgan fingerprint density at radius 3 is 2.30 bits per heavy atom. The van der Waals surface area contributed by atoms with Crippen molar-refractivity contribution in [3.63, 3.8) is 0 Å². The molecular weight excluding hydrogens is 274 g/mol. The van der Waals surface area contributed by atoms with Crippen molar-refractivity contribution in [3.8, 4) is 0 Å². The molecule has 20 heavy (non-hydrogen) atoms. The summed E-state index contributed by atoms with van der Waals surface area (Å²) in [6.45, 7) is 5.28. The maximum atomic E-state index is 12.2. The normalized spacial score (nSPS) is 11.2. The van der Waals surface area contributed by atoms with E-state index in [-0.39, 0.29) is 12.5 Å². The largest absolute Gasteiger partial charge is 0.480 e. The number of carboxylic acid groups (broad SMARTS) is 1. The zero-order chi connectivity index (χ0) is 15.2. The number of amides is 1. The van der Waals surface area contributed by atoms with Crippen LogP contribution in [0.5, 0.6) is 0 Å². The van der Waals surface area contributed by atoms with Crippen molar-refractivity contribution >= 4 is 23.6 Å². The van der Waals surface area contributed by atoms with Crippen molar-refractivity contribution in [1.29, 1.82) is 0 Å². The third-order valence-corrected chi connectivity index (χ3v) is 3.75. The Bertz CT molecular complexity index is 454. The average Bonchev–Trinajstić information content (AvgIpc) is 2.35. The van der Waals surface area contributed by atoms with E-state index in [0.717, 1.165) is 4.90 Å². The van der Waals surface area contributed by atoms with Gasteiger partial charge in [0.1, 0.15) is 6.54 Å². The smallest absolute Gasteiger partial charge is 0.323 e. The SMILES string of the molecule is CC(C)(C)N(CC(=O)O)C(=O)CCSc1ccccc1. The van der Waals surface area contributed by atoms with Gasteiger partial charge in [0.2, 0.25) is 5.91 Å². The van der Waals surface area contributed by atoms with Crippen LogP contribution in [0, 0.1) is 0 Å². The highest BCUT2D eigenvalue weighted by molar-refractivity contribution is 7.99. The van der Waals surface area contributed by atoms with E-state index in [0.29, 0.717) is 12.2 Å². The van der Waals surface area contributed by atoms with Crippen molar-refractivity contribution in [2.24, 2.45) is 0 Å². The first-order valence-electron chi connectivity index (χ1n) is 6.51. The van der Waals surface area contributed by atoms with Crippen molar-refractivity contribution in [3.05, 3.63) is 30.3 Å². The van der Waals surface area contributed by atoms with Gasteiger partial charge in [0.25, 0.3) is 0 Å². The fourth-order valence-electron chi connectivity index (χ4n) is 1.74. The summed E-state index contributed by atoms with van der Waals surface area (Å²) in [6.07, 6.45) is 0.337. The Balaban J connectivity index is 2.52. The topological polar surface area (TPSA) is 57.6 Å². The van der Waals surface area contributed by atoms with Gasteiger partial charge in [0.05, 0.1) is 0 Å². The third kappa shape index (κ3) is 5.65. The number of rotatable bonds is 6. The van der Waals surface area contributed by atoms with E-state index in [4.69, 9.17) is 5.11 Å². The summed E-state index contributed by atoms with van der Waals surface area (Å²) in [7, 11) is 0. The van der Waals surface area contributed by atoms with Crippen LogP contribution in [0.2, 0.25) is 0 Å². The Morgan fingerprint density at radius 1 is 1.20 bits per heavy atom. The highest BCUT2D eigenvalue weighted by atomic mass is 32.2. The average molecular weight is 295 g/mol. The standard InChI is InChI=1S/C15H21NO3S/c1-15(2,3)16(11-14(18)19)13(17)9-10-20-12-7-5-4-6-8-12/h4-8H,9-11H2,1-3H3,(H,18,19). The number of carbonyl (C=O) groups excluding carboxylic acids is 1. The number of carboxylic acids is 1. The maximum Gasteiger partial charge on any atom is 0.323 e. The molecule has 0 unspecified atom stereocenters. The van der Waals surface area contributed by atoms with Gasteiger partial charge in [-0.1, -0.05) is 18.2 Å². The molecule has 0 aliphatic carbocycles. The van der Waals surface area contributed by atoms with Crippen LogP contribution in [0.25, 0.3) is 0 Å². The summed E-state index contributed by atoms with van der Waals surface area (Å²) in [6, 6.07) is 9.84. The summed E-state index contributed by atoms with van der Waals surface area (Å²) >= 11 is 1.60. The number of thioether (sulfide) groups is 1. The van der Waals surface area contributed by atoms with Crippen LogP contribution in [0.4, 0.5) is 0 Å². The van der Waals surface area contributed by atoms with Gasteiger partial charge in [-0.2, -0.15) is 0 Å². The molecule has 1 N–H and O–H groups in total. The second-order valence-corrected chi connectivity index (χ2v) is 6.62. The fourth-order valence-corrected chi connectivity index (χ4v) is 2.60. The van der Waals surface area contributed by atoms with Crippen LogP contribution in [-0.4, -0.2) is 39.7 Å². The minimum Gasteiger partial charge on any atom is -0.480 e. The molecule has 1 rings (SSSR count). The number of benzene rings is 1. The van der Waals surface area contributed by atoms with Crippen molar-refractivity contribution in [1.82, 2.24) is 4.90 Å². The van der Waals surface area contributed by atoms with Gasteiger partial charge in [0.15, 0.2) is 0 Å². The molecule has 0 heterocycles. The van der Waals surface area contributed by atoms with Crippen molar-refractivity contribution < 1.29 is 14.7 Å². The van der Waals surface area contributed by atoms with Crippen LogP contribution in [0.3, 0.4) is 0 Å². The molecule has 0 atom stereocenters. The Hall–Kier alpha value is -1.49. The van der Waals surface area contributed by atoms with Crippen LogP contribution >= 0.6 is 11.8 Å². The molecule has 0 fully saturated rings. The highest BCUT2D eigenvalue weighted by Crippen LogP contribution is 2.20. The van der Waals surface area contributed by atoms with Crippen LogP contribution < -0.4 is 0 Å². The quantitative estimate of drug-likeness (QED) is 0.820. The second kappa shape index (κ2) is 7.33. The number of aliphatic carboxylic acids is 1. The van der Waals surface area contributed by atoms with E-state index in [1.54, 1.807) is 11.8 Å². The minimum absolute atomic E-state index is 0.122. The number of hydrogen-bond donors (Lipinski definition) is 1. The number of nitrogens with zero attached hydrogens (tertiary/aromatic N) is 1. The molecule has 1 aromatic rings. The number of hydrogen-bond acceptors (Lipinski definition) is 3. The Labute approximate surface area is 124 Å². The first-order chi connectivity index (χ1) is 9.30. The van der Waals surface area contributed by atoms with E-state index in [9.17, 15) is 9.59 Å². The molecule has 0 aromatic heterocycles. The molecule has 0 aliphatic heterocycles. The summed E-state index contributed by atoms with van der Waals surface area (Å²) in [5.74, 6) is -0.456. The monoisotopic (exact) mass is 295 g/mol. The molecule has 0 aliphatic rings. The van der Waals surface area contributed by atoms with Gasteiger partial charge in [-0.15, -0.1) is 11.8 Å². The molecule has 0 radical (unpaired) electrons. The fraction of sp³-hybridized carbons (Fsp3) is 0.467. The highest BCUT2D eigenvalue weighted by Gasteiger charge is 2.27. The molecule has 5 heteroatoms. The minimum atomic E-state index is -0.982. The molecular formula is C15H21NO3S. The van der Waals surface area contributed by atoms with E-state index in [2.05, 4.69) is 0 Å². The van der Waals surface area contributed by atoms with Gasteiger partial charge in [-0.3, -0.25) is 9.59 Å². The molecule has 0 saturated heterocycles. The van der Waals surface area contributed by atoms with Gasteiger partial charge in [0, 0.05) is 22.6 Å². The summed E-state index contributed by atoms with van der Waals surface area (Å²) < 4.78 is 0.